The summed E-state index contributed by atoms with van der Waals surface area (Å²) in [5.74, 6) is 1.82. The van der Waals surface area contributed by atoms with E-state index >= 15 is 0 Å². The van der Waals surface area contributed by atoms with Crippen LogP contribution in [-0.4, -0.2) is 0 Å². The minimum Gasteiger partial charge on any atom is -0.456 e. The first-order valence-electron chi connectivity index (χ1n) is 4.97. The van der Waals surface area contributed by atoms with Gasteiger partial charge in [-0.1, -0.05) is 39.7 Å². The summed E-state index contributed by atoms with van der Waals surface area (Å²) in [7, 11) is 0. The summed E-state index contributed by atoms with van der Waals surface area (Å²) in [4.78, 5) is 0. The van der Waals surface area contributed by atoms with Crippen molar-refractivity contribution >= 4 is 39.1 Å². The fourth-order valence-electron chi connectivity index (χ4n) is 1.38. The zero-order valence-corrected chi connectivity index (χ0v) is 11.9. The van der Waals surface area contributed by atoms with Gasteiger partial charge in [0.1, 0.15) is 11.5 Å². The standard InChI is InChI=1S/C13H9BrCl2O/c14-10-4-5-13(12(16)7-10)17-11-3-1-2-9(6-11)8-15/h1-7H,8H2. The topological polar surface area (TPSA) is 9.23 Å². The molecule has 1 nitrogen and oxygen atoms in total. The average molecular weight is 332 g/mol. The molecule has 0 amide bonds. The normalized spacial score (nSPS) is 10.3. The lowest BCUT2D eigenvalue weighted by Crippen LogP contribution is -1.86. The van der Waals surface area contributed by atoms with Crippen LogP contribution in [0.1, 0.15) is 5.56 Å². The van der Waals surface area contributed by atoms with Gasteiger partial charge in [0.05, 0.1) is 5.02 Å². The minimum atomic E-state index is 0.464. The van der Waals surface area contributed by atoms with E-state index in [0.29, 0.717) is 16.7 Å². The van der Waals surface area contributed by atoms with Crippen LogP contribution in [0.25, 0.3) is 0 Å². The van der Waals surface area contributed by atoms with Gasteiger partial charge in [0.25, 0.3) is 0 Å². The molecule has 0 aliphatic carbocycles. The molecule has 2 aromatic rings. The maximum absolute atomic E-state index is 6.07. The quantitative estimate of drug-likeness (QED) is 0.662. The Bertz CT molecular complexity index is 529. The summed E-state index contributed by atoms with van der Waals surface area (Å²) in [6.45, 7) is 0. The molecule has 4 heteroatoms. The molecule has 0 spiro atoms. The molecule has 0 unspecified atom stereocenters. The van der Waals surface area contributed by atoms with Crippen molar-refractivity contribution in [3.8, 4) is 11.5 Å². The first kappa shape index (κ1) is 12.7. The summed E-state index contributed by atoms with van der Waals surface area (Å²) in [6, 6.07) is 13.1. The number of rotatable bonds is 3. The van der Waals surface area contributed by atoms with E-state index in [2.05, 4.69) is 15.9 Å². The highest BCUT2D eigenvalue weighted by Crippen LogP contribution is 2.31. The lowest BCUT2D eigenvalue weighted by molar-refractivity contribution is 0.482. The smallest absolute Gasteiger partial charge is 0.146 e. The molecule has 0 heterocycles. The fraction of sp³-hybridized carbons (Fsp3) is 0.0769. The summed E-state index contributed by atoms with van der Waals surface area (Å²) < 4.78 is 6.62. The van der Waals surface area contributed by atoms with Crippen molar-refractivity contribution in [3.63, 3.8) is 0 Å². The summed E-state index contributed by atoms with van der Waals surface area (Å²) >= 11 is 15.2. The van der Waals surface area contributed by atoms with Gasteiger partial charge in [-0.05, 0) is 35.9 Å². The molecule has 0 bridgehead atoms. The lowest BCUT2D eigenvalue weighted by Gasteiger charge is -2.08. The highest BCUT2D eigenvalue weighted by atomic mass is 79.9. The molecule has 0 saturated carbocycles. The van der Waals surface area contributed by atoms with Gasteiger partial charge in [0, 0.05) is 10.4 Å². The van der Waals surface area contributed by atoms with Gasteiger partial charge in [0.15, 0.2) is 0 Å². The van der Waals surface area contributed by atoms with Crippen molar-refractivity contribution < 1.29 is 4.74 Å². The first-order chi connectivity index (χ1) is 8.19. The van der Waals surface area contributed by atoms with Gasteiger partial charge in [-0.15, -0.1) is 11.6 Å². The molecule has 0 fully saturated rings. The fourth-order valence-corrected chi connectivity index (χ4v) is 2.26. The molecule has 2 rings (SSSR count). The number of ether oxygens (including phenoxy) is 1. The number of halogens is 3. The van der Waals surface area contributed by atoms with Crippen molar-refractivity contribution in [2.75, 3.05) is 0 Å². The van der Waals surface area contributed by atoms with Crippen molar-refractivity contribution in [1.82, 2.24) is 0 Å². The summed E-state index contributed by atoms with van der Waals surface area (Å²) in [5.41, 5.74) is 1.01. The van der Waals surface area contributed by atoms with Crippen LogP contribution in [0.3, 0.4) is 0 Å². The Morgan fingerprint density at radius 3 is 2.65 bits per heavy atom. The zero-order valence-electron chi connectivity index (χ0n) is 8.79. The SMILES string of the molecule is ClCc1cccc(Oc2ccc(Br)cc2Cl)c1. The Balaban J connectivity index is 2.25. The van der Waals surface area contributed by atoms with E-state index in [1.54, 1.807) is 6.07 Å². The van der Waals surface area contributed by atoms with Crippen molar-refractivity contribution in [2.24, 2.45) is 0 Å². The Morgan fingerprint density at radius 1 is 1.12 bits per heavy atom. The molecule has 0 aromatic heterocycles. The van der Waals surface area contributed by atoms with Gasteiger partial charge < -0.3 is 4.74 Å². The van der Waals surface area contributed by atoms with Crippen LogP contribution in [0.15, 0.2) is 46.9 Å². The molecule has 0 N–H and O–H groups in total. The van der Waals surface area contributed by atoms with E-state index in [1.165, 1.54) is 0 Å². The Labute approximate surface area is 118 Å². The van der Waals surface area contributed by atoms with Crippen LogP contribution in [0.2, 0.25) is 5.02 Å². The third kappa shape index (κ3) is 3.38. The number of hydrogen-bond donors (Lipinski definition) is 0. The second-order valence-electron chi connectivity index (χ2n) is 3.46. The molecule has 0 aliphatic heterocycles. The van der Waals surface area contributed by atoms with Crippen LogP contribution >= 0.6 is 39.1 Å². The third-order valence-corrected chi connectivity index (χ3v) is 3.27. The summed E-state index contributed by atoms with van der Waals surface area (Å²) in [5, 5.41) is 0.565. The maximum atomic E-state index is 6.07. The monoisotopic (exact) mass is 330 g/mol. The molecule has 0 saturated heterocycles. The zero-order chi connectivity index (χ0) is 12.3. The second kappa shape index (κ2) is 5.76. The Hall–Kier alpha value is -0.700. The minimum absolute atomic E-state index is 0.464. The highest BCUT2D eigenvalue weighted by Gasteiger charge is 2.04. The average Bonchev–Trinajstić information content (AvgIpc) is 2.33. The highest BCUT2D eigenvalue weighted by molar-refractivity contribution is 9.10. The Kier molecular flexibility index (Phi) is 4.32. The molecule has 0 aliphatic rings. The van der Waals surface area contributed by atoms with E-state index in [4.69, 9.17) is 27.9 Å². The van der Waals surface area contributed by atoms with Gasteiger partial charge >= 0.3 is 0 Å². The first-order valence-corrected chi connectivity index (χ1v) is 6.67. The van der Waals surface area contributed by atoms with Crippen molar-refractivity contribution in [2.45, 2.75) is 5.88 Å². The molecular formula is C13H9BrCl2O. The summed E-state index contributed by atoms with van der Waals surface area (Å²) in [6.07, 6.45) is 0. The van der Waals surface area contributed by atoms with E-state index in [-0.39, 0.29) is 0 Å². The van der Waals surface area contributed by atoms with Crippen LogP contribution in [-0.2, 0) is 5.88 Å². The third-order valence-electron chi connectivity index (χ3n) is 2.17. The predicted molar refractivity (Wildman–Crippen MR) is 75.2 cm³/mol. The molecule has 0 radical (unpaired) electrons. The maximum Gasteiger partial charge on any atom is 0.146 e. The second-order valence-corrected chi connectivity index (χ2v) is 5.05. The van der Waals surface area contributed by atoms with E-state index in [9.17, 15) is 0 Å². The van der Waals surface area contributed by atoms with Crippen LogP contribution < -0.4 is 4.74 Å². The largest absolute Gasteiger partial charge is 0.456 e. The predicted octanol–water partition coefficient (Wildman–Crippen LogP) is 5.63. The van der Waals surface area contributed by atoms with E-state index in [1.807, 2.05) is 36.4 Å². The van der Waals surface area contributed by atoms with Gasteiger partial charge in [-0.3, -0.25) is 0 Å². The van der Waals surface area contributed by atoms with E-state index < -0.39 is 0 Å². The van der Waals surface area contributed by atoms with E-state index in [0.717, 1.165) is 15.8 Å². The molecule has 17 heavy (non-hydrogen) atoms. The number of benzene rings is 2. The van der Waals surface area contributed by atoms with Crippen LogP contribution in [0, 0.1) is 0 Å². The van der Waals surface area contributed by atoms with Crippen molar-refractivity contribution in [3.05, 3.63) is 57.5 Å². The van der Waals surface area contributed by atoms with Gasteiger partial charge in [0.2, 0.25) is 0 Å². The number of alkyl halides is 1. The van der Waals surface area contributed by atoms with Crippen LogP contribution in [0.5, 0.6) is 11.5 Å². The Morgan fingerprint density at radius 2 is 1.94 bits per heavy atom. The molecule has 2 aromatic carbocycles. The van der Waals surface area contributed by atoms with Gasteiger partial charge in [-0.2, -0.15) is 0 Å². The molecular weight excluding hydrogens is 323 g/mol. The molecule has 0 atom stereocenters. The molecule has 88 valence electrons. The van der Waals surface area contributed by atoms with Crippen molar-refractivity contribution in [1.29, 1.82) is 0 Å². The van der Waals surface area contributed by atoms with Gasteiger partial charge in [-0.25, -0.2) is 0 Å². The number of hydrogen-bond acceptors (Lipinski definition) is 1. The van der Waals surface area contributed by atoms with Crippen LogP contribution in [0.4, 0.5) is 0 Å². The lowest BCUT2D eigenvalue weighted by atomic mass is 10.2.